The summed E-state index contributed by atoms with van der Waals surface area (Å²) in [5, 5.41) is 14.1. The summed E-state index contributed by atoms with van der Waals surface area (Å²) in [6, 6.07) is 6.99. The fourth-order valence-electron chi connectivity index (χ4n) is 1.40. The third-order valence-electron chi connectivity index (χ3n) is 2.29. The standard InChI is InChI=1S/C13H16N2O3/c1-2-3-9-14-13(18)15-11(12(16)17)10-7-5-4-6-8-10/h2,4-8,11H,1,3,9H2,(H,16,17)(H2,14,15,18)/t11-/m0/s1. The van der Waals surface area contributed by atoms with Crippen LogP contribution in [-0.2, 0) is 4.79 Å². The maximum absolute atomic E-state index is 11.5. The molecule has 0 aliphatic rings. The van der Waals surface area contributed by atoms with Gasteiger partial charge in [0.25, 0.3) is 0 Å². The average Bonchev–Trinajstić information content (AvgIpc) is 2.37. The largest absolute Gasteiger partial charge is 0.479 e. The first-order valence-electron chi connectivity index (χ1n) is 5.58. The second-order valence-electron chi connectivity index (χ2n) is 3.66. The van der Waals surface area contributed by atoms with E-state index in [0.29, 0.717) is 18.5 Å². The van der Waals surface area contributed by atoms with Gasteiger partial charge in [-0.2, -0.15) is 0 Å². The van der Waals surface area contributed by atoms with Crippen LogP contribution in [0.4, 0.5) is 4.79 Å². The number of benzene rings is 1. The molecule has 0 saturated heterocycles. The molecule has 0 bridgehead atoms. The van der Waals surface area contributed by atoms with Crippen LogP contribution in [0, 0.1) is 0 Å². The highest BCUT2D eigenvalue weighted by atomic mass is 16.4. The zero-order valence-corrected chi connectivity index (χ0v) is 9.93. The molecule has 0 aliphatic carbocycles. The lowest BCUT2D eigenvalue weighted by Crippen LogP contribution is -2.41. The number of carbonyl (C=O) groups excluding carboxylic acids is 1. The molecule has 1 atom stereocenters. The Morgan fingerprint density at radius 2 is 2.00 bits per heavy atom. The molecule has 0 aromatic heterocycles. The van der Waals surface area contributed by atoms with E-state index in [1.165, 1.54) is 0 Å². The van der Waals surface area contributed by atoms with E-state index in [1.807, 2.05) is 0 Å². The highest BCUT2D eigenvalue weighted by molar-refractivity contribution is 5.83. The van der Waals surface area contributed by atoms with Crippen LogP contribution in [0.25, 0.3) is 0 Å². The number of carbonyl (C=O) groups is 2. The molecule has 0 unspecified atom stereocenters. The van der Waals surface area contributed by atoms with Gasteiger partial charge < -0.3 is 15.7 Å². The summed E-state index contributed by atoms with van der Waals surface area (Å²) in [6.45, 7) is 3.96. The number of rotatable bonds is 6. The smallest absolute Gasteiger partial charge is 0.330 e. The van der Waals surface area contributed by atoms with E-state index in [4.69, 9.17) is 5.11 Å². The number of carboxylic acids is 1. The first kappa shape index (κ1) is 13.8. The lowest BCUT2D eigenvalue weighted by atomic mass is 10.1. The zero-order valence-electron chi connectivity index (χ0n) is 9.93. The SMILES string of the molecule is C=CCCNC(=O)N[C@H](C(=O)O)c1ccccc1. The van der Waals surface area contributed by atoms with Gasteiger partial charge in [-0.15, -0.1) is 6.58 Å². The van der Waals surface area contributed by atoms with Gasteiger partial charge in [0.15, 0.2) is 6.04 Å². The summed E-state index contributed by atoms with van der Waals surface area (Å²) in [6.07, 6.45) is 2.31. The van der Waals surface area contributed by atoms with Crippen molar-refractivity contribution in [3.63, 3.8) is 0 Å². The number of aliphatic carboxylic acids is 1. The second kappa shape index (κ2) is 7.11. The van der Waals surface area contributed by atoms with E-state index in [2.05, 4.69) is 17.2 Å². The molecule has 0 spiro atoms. The summed E-state index contributed by atoms with van der Waals surface area (Å²) >= 11 is 0. The minimum Gasteiger partial charge on any atom is -0.479 e. The second-order valence-corrected chi connectivity index (χ2v) is 3.66. The minimum absolute atomic E-state index is 0.427. The van der Waals surface area contributed by atoms with E-state index < -0.39 is 18.0 Å². The molecule has 18 heavy (non-hydrogen) atoms. The third-order valence-corrected chi connectivity index (χ3v) is 2.29. The van der Waals surface area contributed by atoms with Gasteiger partial charge in [-0.25, -0.2) is 9.59 Å². The van der Waals surface area contributed by atoms with Crippen LogP contribution in [0.2, 0.25) is 0 Å². The maximum Gasteiger partial charge on any atom is 0.330 e. The molecule has 5 heteroatoms. The molecular formula is C13H16N2O3. The minimum atomic E-state index is -1.10. The quantitative estimate of drug-likeness (QED) is 0.529. The number of hydrogen-bond acceptors (Lipinski definition) is 2. The Labute approximate surface area is 106 Å². The first-order chi connectivity index (χ1) is 8.65. The van der Waals surface area contributed by atoms with Crippen LogP contribution >= 0.6 is 0 Å². The van der Waals surface area contributed by atoms with Crippen molar-refractivity contribution in [1.82, 2.24) is 10.6 Å². The normalized spacial score (nSPS) is 11.3. The van der Waals surface area contributed by atoms with Gasteiger partial charge in [0, 0.05) is 6.54 Å². The van der Waals surface area contributed by atoms with Crippen molar-refractivity contribution in [2.45, 2.75) is 12.5 Å². The Kier molecular flexibility index (Phi) is 5.44. The lowest BCUT2D eigenvalue weighted by molar-refractivity contribution is -0.139. The van der Waals surface area contributed by atoms with Gasteiger partial charge in [0.1, 0.15) is 0 Å². The molecule has 3 N–H and O–H groups in total. The Bertz CT molecular complexity index is 418. The molecular weight excluding hydrogens is 232 g/mol. The first-order valence-corrected chi connectivity index (χ1v) is 5.58. The molecule has 0 saturated carbocycles. The average molecular weight is 248 g/mol. The molecule has 1 aromatic carbocycles. The molecule has 0 heterocycles. The fourth-order valence-corrected chi connectivity index (χ4v) is 1.40. The highest BCUT2D eigenvalue weighted by Crippen LogP contribution is 2.12. The Morgan fingerprint density at radius 1 is 1.33 bits per heavy atom. The third kappa shape index (κ3) is 4.29. The topological polar surface area (TPSA) is 78.4 Å². The molecule has 0 aliphatic heterocycles. The summed E-state index contributed by atoms with van der Waals surface area (Å²) < 4.78 is 0. The predicted molar refractivity (Wildman–Crippen MR) is 68.2 cm³/mol. The van der Waals surface area contributed by atoms with Gasteiger partial charge in [0.2, 0.25) is 0 Å². The van der Waals surface area contributed by atoms with Crippen LogP contribution in [0.1, 0.15) is 18.0 Å². The number of hydrogen-bond donors (Lipinski definition) is 3. The van der Waals surface area contributed by atoms with Gasteiger partial charge in [-0.1, -0.05) is 36.4 Å². The van der Waals surface area contributed by atoms with E-state index in [9.17, 15) is 9.59 Å². The van der Waals surface area contributed by atoms with E-state index >= 15 is 0 Å². The van der Waals surface area contributed by atoms with Crippen LogP contribution in [0.15, 0.2) is 43.0 Å². The predicted octanol–water partition coefficient (Wildman–Crippen LogP) is 1.69. The highest BCUT2D eigenvalue weighted by Gasteiger charge is 2.21. The van der Waals surface area contributed by atoms with Crippen molar-refractivity contribution >= 4 is 12.0 Å². The number of urea groups is 1. The molecule has 1 aromatic rings. The molecule has 0 fully saturated rings. The Morgan fingerprint density at radius 3 is 2.56 bits per heavy atom. The van der Waals surface area contributed by atoms with Gasteiger partial charge in [-0.05, 0) is 12.0 Å². The lowest BCUT2D eigenvalue weighted by Gasteiger charge is -2.15. The zero-order chi connectivity index (χ0) is 13.4. The van der Waals surface area contributed by atoms with Crippen LogP contribution < -0.4 is 10.6 Å². The van der Waals surface area contributed by atoms with Crippen molar-refractivity contribution in [2.75, 3.05) is 6.54 Å². The van der Waals surface area contributed by atoms with Crippen molar-refractivity contribution < 1.29 is 14.7 Å². The van der Waals surface area contributed by atoms with Crippen molar-refractivity contribution in [3.8, 4) is 0 Å². The molecule has 96 valence electrons. The molecule has 1 rings (SSSR count). The summed E-state index contributed by atoms with van der Waals surface area (Å²) in [5.41, 5.74) is 0.531. The molecule has 0 radical (unpaired) electrons. The summed E-state index contributed by atoms with van der Waals surface area (Å²) in [4.78, 5) is 22.6. The van der Waals surface area contributed by atoms with Gasteiger partial charge in [0.05, 0.1) is 0 Å². The summed E-state index contributed by atoms with van der Waals surface area (Å²) in [7, 11) is 0. The summed E-state index contributed by atoms with van der Waals surface area (Å²) in [5.74, 6) is -1.10. The maximum atomic E-state index is 11.5. The van der Waals surface area contributed by atoms with E-state index in [1.54, 1.807) is 36.4 Å². The van der Waals surface area contributed by atoms with Crippen LogP contribution in [0.5, 0.6) is 0 Å². The van der Waals surface area contributed by atoms with Crippen molar-refractivity contribution in [3.05, 3.63) is 48.6 Å². The van der Waals surface area contributed by atoms with Gasteiger partial charge in [-0.3, -0.25) is 0 Å². The van der Waals surface area contributed by atoms with E-state index in [0.717, 1.165) is 0 Å². The van der Waals surface area contributed by atoms with E-state index in [-0.39, 0.29) is 0 Å². The van der Waals surface area contributed by atoms with Crippen molar-refractivity contribution in [2.24, 2.45) is 0 Å². The van der Waals surface area contributed by atoms with Gasteiger partial charge >= 0.3 is 12.0 Å². The Hall–Kier alpha value is -2.30. The number of carboxylic acid groups (broad SMARTS) is 1. The Balaban J connectivity index is 2.62. The number of nitrogens with one attached hydrogen (secondary N) is 2. The fraction of sp³-hybridized carbons (Fsp3) is 0.231. The molecule has 5 nitrogen and oxygen atoms in total. The monoisotopic (exact) mass is 248 g/mol. The van der Waals surface area contributed by atoms with Crippen molar-refractivity contribution in [1.29, 1.82) is 0 Å². The number of amides is 2. The van der Waals surface area contributed by atoms with Crippen LogP contribution in [0.3, 0.4) is 0 Å². The molecule has 2 amide bonds. The van der Waals surface area contributed by atoms with Crippen LogP contribution in [-0.4, -0.2) is 23.7 Å².